The molecule has 1 N–H and O–H groups in total. The largest absolute Gasteiger partial charge is 0.468 e. The average molecular weight is 310 g/mol. The number of amides is 1. The van der Waals surface area contributed by atoms with Gasteiger partial charge in [-0.15, -0.1) is 0 Å². The van der Waals surface area contributed by atoms with Crippen molar-refractivity contribution in [2.24, 2.45) is 5.92 Å². The molecule has 0 saturated heterocycles. The van der Waals surface area contributed by atoms with E-state index < -0.39 is 6.04 Å². The SMILES string of the molecule is CCCCN1C(=O)C(C)=C(C)C1NC(CC(C)C)C(=O)OC. The molecule has 1 rings (SSSR count). The van der Waals surface area contributed by atoms with Gasteiger partial charge in [-0.05, 0) is 38.2 Å². The lowest BCUT2D eigenvalue weighted by Crippen LogP contribution is -2.52. The Kier molecular flexibility index (Phi) is 7.07. The van der Waals surface area contributed by atoms with Crippen LogP contribution in [0.5, 0.6) is 0 Å². The lowest BCUT2D eigenvalue weighted by Gasteiger charge is -2.31. The summed E-state index contributed by atoms with van der Waals surface area (Å²) in [6, 6.07) is -0.396. The van der Waals surface area contributed by atoms with E-state index >= 15 is 0 Å². The van der Waals surface area contributed by atoms with Crippen LogP contribution in [0.1, 0.15) is 53.9 Å². The first-order chi connectivity index (χ1) is 10.3. The second-order valence-corrected chi connectivity index (χ2v) is 6.43. The van der Waals surface area contributed by atoms with Gasteiger partial charge in [0, 0.05) is 12.1 Å². The maximum Gasteiger partial charge on any atom is 0.322 e. The molecule has 2 unspecified atom stereocenters. The minimum Gasteiger partial charge on any atom is -0.468 e. The zero-order valence-electron chi connectivity index (χ0n) is 14.7. The Hall–Kier alpha value is -1.36. The highest BCUT2D eigenvalue weighted by molar-refractivity contribution is 5.97. The number of carbonyl (C=O) groups excluding carboxylic acids is 2. The zero-order chi connectivity index (χ0) is 16.9. The summed E-state index contributed by atoms with van der Waals surface area (Å²) in [5.41, 5.74) is 1.78. The topological polar surface area (TPSA) is 58.6 Å². The normalized spacial score (nSPS) is 20.0. The molecule has 2 atom stereocenters. The van der Waals surface area contributed by atoms with E-state index in [-0.39, 0.29) is 18.0 Å². The second-order valence-electron chi connectivity index (χ2n) is 6.43. The monoisotopic (exact) mass is 310 g/mol. The van der Waals surface area contributed by atoms with Crippen molar-refractivity contribution in [3.63, 3.8) is 0 Å². The van der Waals surface area contributed by atoms with Gasteiger partial charge in [0.25, 0.3) is 5.91 Å². The summed E-state index contributed by atoms with van der Waals surface area (Å²) in [7, 11) is 1.40. The molecule has 0 aromatic carbocycles. The molecule has 5 heteroatoms. The van der Waals surface area contributed by atoms with E-state index in [2.05, 4.69) is 26.1 Å². The van der Waals surface area contributed by atoms with Crippen molar-refractivity contribution in [1.29, 1.82) is 0 Å². The van der Waals surface area contributed by atoms with E-state index in [0.717, 1.165) is 24.0 Å². The Balaban J connectivity index is 2.92. The first-order valence-corrected chi connectivity index (χ1v) is 8.15. The number of hydrogen-bond donors (Lipinski definition) is 1. The molecule has 126 valence electrons. The molecule has 0 bridgehead atoms. The molecule has 0 aromatic rings. The van der Waals surface area contributed by atoms with E-state index in [1.807, 2.05) is 18.7 Å². The maximum absolute atomic E-state index is 12.4. The fourth-order valence-corrected chi connectivity index (χ4v) is 2.75. The molecule has 0 spiro atoms. The van der Waals surface area contributed by atoms with E-state index in [4.69, 9.17) is 4.74 Å². The molecule has 1 aliphatic rings. The highest BCUT2D eigenvalue weighted by atomic mass is 16.5. The first kappa shape index (κ1) is 18.7. The van der Waals surface area contributed by atoms with Gasteiger partial charge >= 0.3 is 5.97 Å². The molecule has 1 aliphatic heterocycles. The van der Waals surface area contributed by atoms with Crippen LogP contribution in [0.25, 0.3) is 0 Å². The number of ether oxygens (including phenoxy) is 1. The van der Waals surface area contributed by atoms with Gasteiger partial charge in [0.1, 0.15) is 12.2 Å². The number of nitrogens with zero attached hydrogens (tertiary/aromatic N) is 1. The molecule has 0 fully saturated rings. The van der Waals surface area contributed by atoms with Gasteiger partial charge in [-0.3, -0.25) is 14.9 Å². The number of unbranched alkanes of at least 4 members (excludes halogenated alkanes) is 1. The zero-order valence-corrected chi connectivity index (χ0v) is 14.7. The van der Waals surface area contributed by atoms with Gasteiger partial charge in [-0.2, -0.15) is 0 Å². The van der Waals surface area contributed by atoms with Crippen molar-refractivity contribution >= 4 is 11.9 Å². The summed E-state index contributed by atoms with van der Waals surface area (Å²) in [5, 5.41) is 3.34. The Morgan fingerprint density at radius 1 is 1.36 bits per heavy atom. The molecule has 1 amide bonds. The number of carbonyl (C=O) groups is 2. The number of esters is 1. The summed E-state index contributed by atoms with van der Waals surface area (Å²) < 4.78 is 4.91. The summed E-state index contributed by atoms with van der Waals surface area (Å²) in [5.74, 6) is 0.161. The van der Waals surface area contributed by atoms with Gasteiger partial charge in [0.15, 0.2) is 0 Å². The molecular weight excluding hydrogens is 280 g/mol. The predicted octanol–water partition coefficient (Wildman–Crippen LogP) is 2.47. The Morgan fingerprint density at radius 3 is 2.50 bits per heavy atom. The van der Waals surface area contributed by atoms with Crippen LogP contribution in [-0.4, -0.2) is 42.6 Å². The Morgan fingerprint density at radius 2 is 2.00 bits per heavy atom. The first-order valence-electron chi connectivity index (χ1n) is 8.15. The van der Waals surface area contributed by atoms with Crippen LogP contribution in [0.3, 0.4) is 0 Å². The molecule has 0 saturated carbocycles. The quantitative estimate of drug-likeness (QED) is 0.700. The van der Waals surface area contributed by atoms with E-state index in [0.29, 0.717) is 18.9 Å². The van der Waals surface area contributed by atoms with Crippen molar-refractivity contribution in [2.45, 2.75) is 66.1 Å². The maximum atomic E-state index is 12.4. The van der Waals surface area contributed by atoms with Crippen molar-refractivity contribution in [2.75, 3.05) is 13.7 Å². The second kappa shape index (κ2) is 8.32. The number of nitrogens with one attached hydrogen (secondary N) is 1. The van der Waals surface area contributed by atoms with Crippen LogP contribution in [-0.2, 0) is 14.3 Å². The van der Waals surface area contributed by atoms with E-state index in [9.17, 15) is 9.59 Å². The summed E-state index contributed by atoms with van der Waals surface area (Å²) in [6.45, 7) is 10.8. The molecule has 0 aromatic heterocycles. The van der Waals surface area contributed by atoms with Crippen LogP contribution >= 0.6 is 0 Å². The fourth-order valence-electron chi connectivity index (χ4n) is 2.75. The highest BCUT2D eigenvalue weighted by Gasteiger charge is 2.37. The summed E-state index contributed by atoms with van der Waals surface area (Å²) in [6.07, 6.45) is 2.46. The minimum absolute atomic E-state index is 0.0663. The van der Waals surface area contributed by atoms with Crippen molar-refractivity contribution in [3.8, 4) is 0 Å². The molecule has 22 heavy (non-hydrogen) atoms. The van der Waals surface area contributed by atoms with Crippen molar-refractivity contribution < 1.29 is 14.3 Å². The third kappa shape index (κ3) is 4.32. The van der Waals surface area contributed by atoms with Crippen LogP contribution in [0.15, 0.2) is 11.1 Å². The number of rotatable bonds is 8. The molecule has 5 nitrogen and oxygen atoms in total. The lowest BCUT2D eigenvalue weighted by atomic mass is 10.0. The van der Waals surface area contributed by atoms with Gasteiger partial charge in [-0.1, -0.05) is 27.2 Å². The van der Waals surface area contributed by atoms with Crippen molar-refractivity contribution in [3.05, 3.63) is 11.1 Å². The van der Waals surface area contributed by atoms with Crippen LogP contribution in [0.4, 0.5) is 0 Å². The highest BCUT2D eigenvalue weighted by Crippen LogP contribution is 2.25. The molecule has 1 heterocycles. The van der Waals surface area contributed by atoms with Gasteiger partial charge < -0.3 is 9.64 Å². The molecule has 0 aliphatic carbocycles. The van der Waals surface area contributed by atoms with Gasteiger partial charge in [0.05, 0.1) is 7.11 Å². The number of methoxy groups -OCH3 is 1. The lowest BCUT2D eigenvalue weighted by molar-refractivity contribution is -0.144. The third-order valence-electron chi connectivity index (χ3n) is 4.20. The standard InChI is InChI=1S/C17H30N2O3/c1-7-8-9-19-15(12(4)13(5)16(19)20)18-14(10-11(2)3)17(21)22-6/h11,14-15,18H,7-10H2,1-6H3. The van der Waals surface area contributed by atoms with Crippen LogP contribution in [0.2, 0.25) is 0 Å². The third-order valence-corrected chi connectivity index (χ3v) is 4.20. The van der Waals surface area contributed by atoms with Crippen LogP contribution in [0, 0.1) is 5.92 Å². The van der Waals surface area contributed by atoms with Crippen molar-refractivity contribution in [1.82, 2.24) is 10.2 Å². The average Bonchev–Trinajstić information content (AvgIpc) is 2.68. The molecule has 0 radical (unpaired) electrons. The Bertz CT molecular complexity index is 443. The number of hydrogen-bond acceptors (Lipinski definition) is 4. The summed E-state index contributed by atoms with van der Waals surface area (Å²) in [4.78, 5) is 26.2. The smallest absolute Gasteiger partial charge is 0.322 e. The van der Waals surface area contributed by atoms with Gasteiger partial charge in [-0.25, -0.2) is 0 Å². The van der Waals surface area contributed by atoms with Gasteiger partial charge in [0.2, 0.25) is 0 Å². The predicted molar refractivity (Wildman–Crippen MR) is 87.2 cm³/mol. The Labute approximate surface area is 134 Å². The fraction of sp³-hybridized carbons (Fsp3) is 0.765. The summed E-state index contributed by atoms with van der Waals surface area (Å²) >= 11 is 0. The van der Waals surface area contributed by atoms with E-state index in [1.54, 1.807) is 0 Å². The van der Waals surface area contributed by atoms with Crippen LogP contribution < -0.4 is 5.32 Å². The van der Waals surface area contributed by atoms with E-state index in [1.165, 1.54) is 7.11 Å². The molecular formula is C17H30N2O3. The minimum atomic E-state index is -0.396.